The molecule has 0 N–H and O–H groups in total. The van der Waals surface area contributed by atoms with Gasteiger partial charge in [0.2, 0.25) is 0 Å². The Balaban J connectivity index is 2.26. The van der Waals surface area contributed by atoms with Crippen LogP contribution < -0.4 is 0 Å². The van der Waals surface area contributed by atoms with Gasteiger partial charge in [0.15, 0.2) is 5.78 Å². The molecule has 0 unspecified atom stereocenters. The smallest absolute Gasteiger partial charge is 0.163 e. The van der Waals surface area contributed by atoms with Crippen molar-refractivity contribution in [2.24, 2.45) is 0 Å². The van der Waals surface area contributed by atoms with Gasteiger partial charge in [-0.25, -0.2) is 0 Å². The van der Waals surface area contributed by atoms with Crippen molar-refractivity contribution >= 4 is 11.9 Å². The van der Waals surface area contributed by atoms with Crippen molar-refractivity contribution in [2.45, 2.75) is 19.3 Å². The molecule has 0 amide bonds. The topological polar surface area (TPSA) is 40.9 Å². The maximum atomic E-state index is 11.5. The molecule has 1 aliphatic carbocycles. The van der Waals surface area contributed by atoms with Crippen molar-refractivity contribution in [3.63, 3.8) is 0 Å². The average molecular weight is 197 g/mol. The van der Waals surface area contributed by atoms with Crippen molar-refractivity contribution in [1.82, 2.24) is 0 Å². The summed E-state index contributed by atoms with van der Waals surface area (Å²) in [5.74, 6) is 0.237. The van der Waals surface area contributed by atoms with Crippen LogP contribution in [0.4, 0.5) is 0 Å². The number of fused-ring (bicyclic) bond motifs is 1. The second-order valence-electron chi connectivity index (χ2n) is 3.60. The van der Waals surface area contributed by atoms with Crippen LogP contribution in [0.15, 0.2) is 24.3 Å². The Labute approximate surface area is 88.8 Å². The molecule has 2 heteroatoms. The summed E-state index contributed by atoms with van der Waals surface area (Å²) in [5.41, 5.74) is 3.01. The van der Waals surface area contributed by atoms with Gasteiger partial charge in [0, 0.05) is 12.0 Å². The molecule has 0 fully saturated rings. The summed E-state index contributed by atoms with van der Waals surface area (Å²) < 4.78 is 0. The normalized spacial score (nSPS) is 14.2. The summed E-state index contributed by atoms with van der Waals surface area (Å²) in [5, 5.41) is 8.39. The lowest BCUT2D eigenvalue weighted by Gasteiger charge is -1.98. The highest BCUT2D eigenvalue weighted by Crippen LogP contribution is 2.23. The summed E-state index contributed by atoms with van der Waals surface area (Å²) in [6.45, 7) is 0. The third-order valence-corrected chi connectivity index (χ3v) is 2.58. The molecule has 74 valence electrons. The number of carbonyl (C=O) groups is 1. The van der Waals surface area contributed by atoms with Gasteiger partial charge in [0.25, 0.3) is 0 Å². The van der Waals surface area contributed by atoms with Crippen LogP contribution in [-0.4, -0.2) is 5.78 Å². The molecule has 0 saturated carbocycles. The Bertz CT molecular complexity index is 466. The zero-order valence-electron chi connectivity index (χ0n) is 8.36. The Kier molecular flexibility index (Phi) is 2.64. The van der Waals surface area contributed by atoms with Crippen LogP contribution in [0, 0.1) is 11.3 Å². The fourth-order valence-electron chi connectivity index (χ4n) is 1.81. The van der Waals surface area contributed by atoms with E-state index in [0.29, 0.717) is 12.8 Å². The molecule has 0 atom stereocenters. The first-order chi connectivity index (χ1) is 7.31. The number of nitrogens with zero attached hydrogens (tertiary/aromatic N) is 1. The van der Waals surface area contributed by atoms with Crippen LogP contribution in [0.25, 0.3) is 6.08 Å². The first-order valence-electron chi connectivity index (χ1n) is 5.01. The highest BCUT2D eigenvalue weighted by Gasteiger charge is 2.18. The molecule has 15 heavy (non-hydrogen) atoms. The van der Waals surface area contributed by atoms with Crippen LogP contribution in [0.3, 0.4) is 0 Å². The van der Waals surface area contributed by atoms with E-state index >= 15 is 0 Å². The summed E-state index contributed by atoms with van der Waals surface area (Å²) in [6, 6.07) is 7.96. The number of ketones is 1. The van der Waals surface area contributed by atoms with Gasteiger partial charge in [-0.05, 0) is 23.6 Å². The molecule has 1 aromatic carbocycles. The van der Waals surface area contributed by atoms with Gasteiger partial charge in [-0.15, -0.1) is 0 Å². The fourth-order valence-corrected chi connectivity index (χ4v) is 1.81. The number of nitriles is 1. The van der Waals surface area contributed by atoms with E-state index in [0.717, 1.165) is 23.1 Å². The molecular formula is C13H11NO. The molecule has 0 aromatic heterocycles. The van der Waals surface area contributed by atoms with E-state index in [4.69, 9.17) is 5.26 Å². The van der Waals surface area contributed by atoms with E-state index in [-0.39, 0.29) is 5.78 Å². The van der Waals surface area contributed by atoms with Crippen molar-refractivity contribution in [2.75, 3.05) is 0 Å². The average Bonchev–Trinajstić information content (AvgIpc) is 2.61. The van der Waals surface area contributed by atoms with E-state index in [2.05, 4.69) is 0 Å². The first kappa shape index (κ1) is 9.67. The van der Waals surface area contributed by atoms with Crippen molar-refractivity contribution in [1.29, 1.82) is 5.26 Å². The quantitative estimate of drug-likeness (QED) is 0.731. The zero-order chi connectivity index (χ0) is 10.7. The van der Waals surface area contributed by atoms with E-state index in [1.807, 2.05) is 30.3 Å². The lowest BCUT2D eigenvalue weighted by molar-refractivity contribution is 0.0994. The summed E-state index contributed by atoms with van der Waals surface area (Å²) >= 11 is 0. The number of Topliss-reactive ketones (excluding diaryl/α,β-unsaturated/α-hetero) is 1. The van der Waals surface area contributed by atoms with Crippen LogP contribution in [-0.2, 0) is 6.42 Å². The zero-order valence-corrected chi connectivity index (χ0v) is 8.36. The van der Waals surface area contributed by atoms with E-state index in [1.165, 1.54) is 0 Å². The largest absolute Gasteiger partial charge is 0.294 e. The molecule has 0 bridgehead atoms. The number of hydrogen-bond acceptors (Lipinski definition) is 2. The Hall–Kier alpha value is -1.88. The highest BCUT2D eigenvalue weighted by atomic mass is 16.1. The van der Waals surface area contributed by atoms with Crippen LogP contribution in [0.1, 0.15) is 34.3 Å². The lowest BCUT2D eigenvalue weighted by Crippen LogP contribution is -1.91. The molecule has 1 aromatic rings. The van der Waals surface area contributed by atoms with Crippen LogP contribution in [0.2, 0.25) is 0 Å². The molecule has 0 heterocycles. The van der Waals surface area contributed by atoms with E-state index in [1.54, 1.807) is 6.08 Å². The molecule has 2 nitrogen and oxygen atoms in total. The van der Waals surface area contributed by atoms with Gasteiger partial charge in [0.1, 0.15) is 0 Å². The first-order valence-corrected chi connectivity index (χ1v) is 5.01. The third kappa shape index (κ3) is 1.97. The van der Waals surface area contributed by atoms with Gasteiger partial charge >= 0.3 is 0 Å². The van der Waals surface area contributed by atoms with Crippen molar-refractivity contribution in [3.8, 4) is 6.07 Å². The van der Waals surface area contributed by atoms with Crippen LogP contribution in [0.5, 0.6) is 0 Å². The van der Waals surface area contributed by atoms with Gasteiger partial charge in [-0.2, -0.15) is 5.26 Å². The number of hydrogen-bond donors (Lipinski definition) is 0. The molecule has 1 aliphatic rings. The molecule has 0 aliphatic heterocycles. The van der Waals surface area contributed by atoms with E-state index in [9.17, 15) is 4.79 Å². The summed E-state index contributed by atoms with van der Waals surface area (Å²) in [6.07, 6.45) is 5.61. The highest BCUT2D eigenvalue weighted by molar-refractivity contribution is 6.00. The van der Waals surface area contributed by atoms with Crippen LogP contribution >= 0.6 is 0 Å². The standard InChI is InChI=1S/C13H11NO/c14-8-2-1-3-10-4-5-11-6-7-13(15)12(11)9-10/h1,3-5,9H,2,6-7H2. The third-order valence-electron chi connectivity index (χ3n) is 2.58. The molecule has 2 rings (SSSR count). The Morgan fingerprint density at radius 2 is 2.27 bits per heavy atom. The second-order valence-corrected chi connectivity index (χ2v) is 3.60. The number of aryl methyl sites for hydroxylation is 1. The summed E-state index contributed by atoms with van der Waals surface area (Å²) in [7, 11) is 0. The van der Waals surface area contributed by atoms with Gasteiger partial charge in [-0.3, -0.25) is 4.79 Å². The molecular weight excluding hydrogens is 186 g/mol. The molecule has 0 radical (unpaired) electrons. The maximum Gasteiger partial charge on any atom is 0.163 e. The van der Waals surface area contributed by atoms with Gasteiger partial charge < -0.3 is 0 Å². The molecule has 0 saturated heterocycles. The predicted molar refractivity (Wildman–Crippen MR) is 58.4 cm³/mol. The fraction of sp³-hybridized carbons (Fsp3) is 0.231. The van der Waals surface area contributed by atoms with E-state index < -0.39 is 0 Å². The number of carbonyl (C=O) groups excluding carboxylic acids is 1. The minimum absolute atomic E-state index is 0.237. The minimum Gasteiger partial charge on any atom is -0.294 e. The SMILES string of the molecule is N#CCC=Cc1ccc2c(c1)C(=O)CC2. The minimum atomic E-state index is 0.237. The number of allylic oxidation sites excluding steroid dienone is 1. The van der Waals surface area contributed by atoms with Gasteiger partial charge in [-0.1, -0.05) is 24.3 Å². The predicted octanol–water partition coefficient (Wildman–Crippen LogP) is 2.74. The molecule has 0 spiro atoms. The van der Waals surface area contributed by atoms with Crippen molar-refractivity contribution < 1.29 is 4.79 Å². The van der Waals surface area contributed by atoms with Crippen molar-refractivity contribution in [3.05, 3.63) is 41.0 Å². The number of rotatable bonds is 2. The Morgan fingerprint density at radius 3 is 3.07 bits per heavy atom. The number of benzene rings is 1. The Morgan fingerprint density at radius 1 is 1.40 bits per heavy atom. The second kappa shape index (κ2) is 4.10. The van der Waals surface area contributed by atoms with Gasteiger partial charge in [0.05, 0.1) is 12.5 Å². The monoisotopic (exact) mass is 197 g/mol. The lowest BCUT2D eigenvalue weighted by atomic mass is 10.1. The maximum absolute atomic E-state index is 11.5. The summed E-state index contributed by atoms with van der Waals surface area (Å²) in [4.78, 5) is 11.5.